The monoisotopic (exact) mass is 505 g/mol. The van der Waals surface area contributed by atoms with Crippen LogP contribution in [0.15, 0.2) is 71.9 Å². The molecule has 0 amide bonds. The number of rotatable bonds is 7. The van der Waals surface area contributed by atoms with E-state index in [9.17, 15) is 0 Å². The van der Waals surface area contributed by atoms with Crippen molar-refractivity contribution < 1.29 is 4.74 Å². The number of aromatic nitrogens is 2. The molecular weight excluding hydrogens is 477 g/mol. The number of guanidine groups is 1. The average molecular weight is 505 g/mol. The first-order valence-corrected chi connectivity index (χ1v) is 9.30. The van der Waals surface area contributed by atoms with Crippen molar-refractivity contribution in [2.75, 3.05) is 27.7 Å². The van der Waals surface area contributed by atoms with Crippen LogP contribution in [0.25, 0.3) is 11.3 Å². The molecule has 0 spiro atoms. The Morgan fingerprint density at radius 1 is 1.14 bits per heavy atom. The highest BCUT2D eigenvalue weighted by molar-refractivity contribution is 14.0. The van der Waals surface area contributed by atoms with E-state index in [1.54, 1.807) is 14.2 Å². The summed E-state index contributed by atoms with van der Waals surface area (Å²) < 4.78 is 5.63. The van der Waals surface area contributed by atoms with Crippen molar-refractivity contribution in [2.24, 2.45) is 4.99 Å². The maximum Gasteiger partial charge on any atom is 0.193 e. The Morgan fingerprint density at radius 2 is 1.79 bits per heavy atom. The molecule has 0 saturated heterocycles. The van der Waals surface area contributed by atoms with Gasteiger partial charge < -0.3 is 19.9 Å². The molecule has 1 heterocycles. The molecule has 2 aromatic carbocycles. The van der Waals surface area contributed by atoms with E-state index in [1.807, 2.05) is 54.5 Å². The largest absolute Gasteiger partial charge is 0.375 e. The third-order valence-electron chi connectivity index (χ3n) is 4.57. The summed E-state index contributed by atoms with van der Waals surface area (Å²) in [4.78, 5) is 14.3. The number of halogens is 1. The molecule has 0 radical (unpaired) electrons. The molecule has 3 aromatic rings. The Hall–Kier alpha value is -2.39. The summed E-state index contributed by atoms with van der Waals surface area (Å²) in [5.74, 6) is 1.67. The highest BCUT2D eigenvalue weighted by Crippen LogP contribution is 2.17. The summed E-state index contributed by atoms with van der Waals surface area (Å²) in [6.45, 7) is 1.25. The van der Waals surface area contributed by atoms with Gasteiger partial charge in [-0.25, -0.2) is 4.98 Å². The van der Waals surface area contributed by atoms with E-state index in [2.05, 4.69) is 44.5 Å². The van der Waals surface area contributed by atoms with Gasteiger partial charge >= 0.3 is 0 Å². The second-order valence-corrected chi connectivity index (χ2v) is 6.53. The van der Waals surface area contributed by atoms with Crippen LogP contribution in [0.1, 0.15) is 17.5 Å². The summed E-state index contributed by atoms with van der Waals surface area (Å²) >= 11 is 0. The van der Waals surface area contributed by atoms with Crippen LogP contribution in [-0.2, 0) is 11.3 Å². The first-order valence-electron chi connectivity index (χ1n) is 9.30. The second-order valence-electron chi connectivity index (χ2n) is 6.53. The number of aromatic amines is 1. The molecule has 6 nitrogen and oxygen atoms in total. The predicted molar refractivity (Wildman–Crippen MR) is 128 cm³/mol. The van der Waals surface area contributed by atoms with Crippen molar-refractivity contribution in [3.8, 4) is 11.3 Å². The van der Waals surface area contributed by atoms with E-state index in [-0.39, 0.29) is 30.1 Å². The van der Waals surface area contributed by atoms with E-state index >= 15 is 0 Å². The van der Waals surface area contributed by atoms with E-state index in [0.29, 0.717) is 13.1 Å². The number of hydrogen-bond acceptors (Lipinski definition) is 3. The van der Waals surface area contributed by atoms with E-state index < -0.39 is 0 Å². The first kappa shape index (κ1) is 22.9. The summed E-state index contributed by atoms with van der Waals surface area (Å²) in [6.07, 6.45) is 1.82. The molecule has 154 valence electrons. The number of nitrogens with zero attached hydrogens (tertiary/aromatic N) is 3. The fraction of sp³-hybridized carbons (Fsp3) is 0.273. The minimum Gasteiger partial charge on any atom is -0.375 e. The predicted octanol–water partition coefficient (Wildman–Crippen LogP) is 4.09. The molecule has 0 aliphatic heterocycles. The third-order valence-corrected chi connectivity index (χ3v) is 4.57. The number of H-pyrrole nitrogens is 1. The molecule has 0 bridgehead atoms. The highest BCUT2D eigenvalue weighted by Gasteiger charge is 2.14. The molecule has 0 saturated carbocycles. The average Bonchev–Trinajstić information content (AvgIpc) is 3.21. The number of benzene rings is 2. The molecule has 29 heavy (non-hydrogen) atoms. The van der Waals surface area contributed by atoms with Gasteiger partial charge in [0.2, 0.25) is 0 Å². The van der Waals surface area contributed by atoms with E-state index in [0.717, 1.165) is 28.6 Å². The molecule has 1 atom stereocenters. The maximum absolute atomic E-state index is 5.63. The van der Waals surface area contributed by atoms with Crippen LogP contribution in [0.5, 0.6) is 0 Å². The molecule has 1 unspecified atom stereocenters. The van der Waals surface area contributed by atoms with Gasteiger partial charge in [-0.3, -0.25) is 4.99 Å². The van der Waals surface area contributed by atoms with Gasteiger partial charge in [0.15, 0.2) is 5.96 Å². The Morgan fingerprint density at radius 3 is 2.41 bits per heavy atom. The zero-order valence-corrected chi connectivity index (χ0v) is 19.3. The lowest BCUT2D eigenvalue weighted by Crippen LogP contribution is -2.40. The molecule has 0 aliphatic rings. The Kier molecular flexibility index (Phi) is 9.14. The molecule has 0 fully saturated rings. The fourth-order valence-corrected chi connectivity index (χ4v) is 3.08. The van der Waals surface area contributed by atoms with Crippen LogP contribution in [-0.4, -0.2) is 48.6 Å². The zero-order chi connectivity index (χ0) is 19.8. The van der Waals surface area contributed by atoms with Gasteiger partial charge in [0, 0.05) is 27.7 Å². The number of imidazole rings is 1. The standard InChI is InChI=1S/C22H27N5O.HI/c1-23-22(25-15-20(28-3)18-12-8-5-9-13-18)27(2)16-21-24-14-19(26-21)17-10-6-4-7-11-17;/h4-14,20H,15-16H2,1-3H3,(H,23,25)(H,24,26);1H. The van der Waals surface area contributed by atoms with Crippen molar-refractivity contribution in [1.29, 1.82) is 0 Å². The van der Waals surface area contributed by atoms with Crippen molar-refractivity contribution in [1.82, 2.24) is 20.2 Å². The van der Waals surface area contributed by atoms with Crippen molar-refractivity contribution in [2.45, 2.75) is 12.6 Å². The normalized spacial score (nSPS) is 12.2. The van der Waals surface area contributed by atoms with Crippen LogP contribution in [0.3, 0.4) is 0 Å². The van der Waals surface area contributed by atoms with Gasteiger partial charge in [-0.2, -0.15) is 0 Å². The van der Waals surface area contributed by atoms with Crippen LogP contribution >= 0.6 is 24.0 Å². The Bertz CT molecular complexity index is 882. The molecule has 7 heteroatoms. The summed E-state index contributed by atoms with van der Waals surface area (Å²) in [5.41, 5.74) is 3.27. The molecule has 0 aliphatic carbocycles. The summed E-state index contributed by atoms with van der Waals surface area (Å²) in [7, 11) is 5.49. The van der Waals surface area contributed by atoms with Gasteiger partial charge in [-0.15, -0.1) is 24.0 Å². The lowest BCUT2D eigenvalue weighted by molar-refractivity contribution is 0.106. The third kappa shape index (κ3) is 6.30. The lowest BCUT2D eigenvalue weighted by Gasteiger charge is -2.23. The molecular formula is C22H28IN5O. The number of aliphatic imine (C=N–C) groups is 1. The van der Waals surface area contributed by atoms with Gasteiger partial charge in [0.25, 0.3) is 0 Å². The first-order chi connectivity index (χ1) is 13.7. The van der Waals surface area contributed by atoms with Crippen LogP contribution in [0.4, 0.5) is 0 Å². The Labute approximate surface area is 189 Å². The number of hydrogen-bond donors (Lipinski definition) is 2. The topological polar surface area (TPSA) is 65.5 Å². The van der Waals surface area contributed by atoms with Crippen molar-refractivity contribution in [3.63, 3.8) is 0 Å². The van der Waals surface area contributed by atoms with Gasteiger partial charge in [-0.1, -0.05) is 60.7 Å². The maximum atomic E-state index is 5.63. The molecule has 2 N–H and O–H groups in total. The van der Waals surface area contributed by atoms with Crippen molar-refractivity contribution >= 4 is 29.9 Å². The quantitative estimate of drug-likeness (QED) is 0.289. The minimum absolute atomic E-state index is 0. The van der Waals surface area contributed by atoms with Gasteiger partial charge in [-0.05, 0) is 11.1 Å². The fourth-order valence-electron chi connectivity index (χ4n) is 3.08. The van der Waals surface area contributed by atoms with E-state index in [4.69, 9.17) is 4.74 Å². The van der Waals surface area contributed by atoms with Crippen LogP contribution in [0, 0.1) is 0 Å². The number of ether oxygens (including phenoxy) is 1. The number of methoxy groups -OCH3 is 1. The van der Waals surface area contributed by atoms with Gasteiger partial charge in [0.1, 0.15) is 5.82 Å². The molecule has 3 rings (SSSR count). The minimum atomic E-state index is -0.0420. The lowest BCUT2D eigenvalue weighted by atomic mass is 10.1. The molecule has 1 aromatic heterocycles. The van der Waals surface area contributed by atoms with Crippen LogP contribution < -0.4 is 5.32 Å². The highest BCUT2D eigenvalue weighted by atomic mass is 127. The summed E-state index contributed by atoms with van der Waals surface area (Å²) in [6, 6.07) is 20.3. The summed E-state index contributed by atoms with van der Waals surface area (Å²) in [5, 5.41) is 3.39. The van der Waals surface area contributed by atoms with E-state index in [1.165, 1.54) is 0 Å². The SMILES string of the molecule is CN=C(NCC(OC)c1ccccc1)N(C)Cc1ncc(-c2ccccc2)[nH]1.I. The van der Waals surface area contributed by atoms with Crippen LogP contribution in [0.2, 0.25) is 0 Å². The number of nitrogens with one attached hydrogen (secondary N) is 2. The van der Waals surface area contributed by atoms with Crippen molar-refractivity contribution in [3.05, 3.63) is 78.2 Å². The smallest absolute Gasteiger partial charge is 0.193 e. The van der Waals surface area contributed by atoms with Gasteiger partial charge in [0.05, 0.1) is 24.5 Å². The Balaban J connectivity index is 0.00000300. The second kappa shape index (κ2) is 11.6. The zero-order valence-electron chi connectivity index (χ0n) is 17.0.